The van der Waals surface area contributed by atoms with Crippen LogP contribution in [0, 0.1) is 13.8 Å². The number of aryl methyl sites for hydroxylation is 4. The van der Waals surface area contributed by atoms with Crippen LogP contribution in [0.2, 0.25) is 0 Å². The van der Waals surface area contributed by atoms with Gasteiger partial charge in [-0.05, 0) is 64.1 Å². The highest BCUT2D eigenvalue weighted by Gasteiger charge is 2.26. The molecule has 34 heavy (non-hydrogen) atoms. The number of hydrogen-bond donors (Lipinski definition) is 1. The molecule has 8 heteroatoms. The van der Waals surface area contributed by atoms with Crippen molar-refractivity contribution in [3.63, 3.8) is 0 Å². The largest absolute Gasteiger partial charge is 0.329 e. The smallest absolute Gasteiger partial charge is 0.321 e. The van der Waals surface area contributed by atoms with E-state index in [4.69, 9.17) is 0 Å². The Morgan fingerprint density at radius 3 is 1.85 bits per heavy atom. The number of hydrogen-bond acceptors (Lipinski definition) is 4. The van der Waals surface area contributed by atoms with Crippen molar-refractivity contribution < 1.29 is 13.2 Å². The summed E-state index contributed by atoms with van der Waals surface area (Å²) in [5.74, 6) is -0.431. The van der Waals surface area contributed by atoms with Gasteiger partial charge in [0.2, 0.25) is 9.84 Å². The summed E-state index contributed by atoms with van der Waals surface area (Å²) < 4.78 is 30.5. The molecule has 1 N–H and O–H groups in total. The standard InChI is InChI=1S/C26H27N3O4S/c1-5-28-22-15-21(27-25(30)19-11-7-17(3)8-12-19)24(16-23(22)29(6-2)26(28)31)34(32,33)20-13-9-18(4)10-14-20/h7-16H,5-6H2,1-4H3,(H,27,30). The SMILES string of the molecule is CCn1c(=O)n(CC)c2cc(S(=O)(=O)c3ccc(C)cc3)c(NC(=O)c3ccc(C)cc3)cc21. The fourth-order valence-electron chi connectivity index (χ4n) is 4.02. The molecule has 0 aliphatic rings. The van der Waals surface area contributed by atoms with Crippen LogP contribution in [-0.2, 0) is 22.9 Å². The Bertz CT molecular complexity index is 1550. The highest BCUT2D eigenvalue weighted by atomic mass is 32.2. The second-order valence-corrected chi connectivity index (χ2v) is 10.2. The highest BCUT2D eigenvalue weighted by Crippen LogP contribution is 2.32. The second-order valence-electron chi connectivity index (χ2n) is 8.24. The van der Waals surface area contributed by atoms with E-state index in [2.05, 4.69) is 5.32 Å². The summed E-state index contributed by atoms with van der Waals surface area (Å²) in [6.07, 6.45) is 0. The van der Waals surface area contributed by atoms with Gasteiger partial charge in [-0.3, -0.25) is 13.9 Å². The Morgan fingerprint density at radius 1 is 0.824 bits per heavy atom. The summed E-state index contributed by atoms with van der Waals surface area (Å²) in [7, 11) is -3.99. The summed E-state index contributed by atoms with van der Waals surface area (Å²) >= 11 is 0. The maximum atomic E-state index is 13.7. The predicted molar refractivity (Wildman–Crippen MR) is 133 cm³/mol. The minimum atomic E-state index is -3.99. The van der Waals surface area contributed by atoms with E-state index in [0.29, 0.717) is 29.7 Å². The lowest BCUT2D eigenvalue weighted by molar-refractivity contribution is 0.102. The Labute approximate surface area is 198 Å². The molecule has 0 atom stereocenters. The van der Waals surface area contributed by atoms with E-state index < -0.39 is 15.7 Å². The number of aromatic nitrogens is 2. The molecule has 0 spiro atoms. The molecule has 7 nitrogen and oxygen atoms in total. The zero-order valence-corrected chi connectivity index (χ0v) is 20.4. The van der Waals surface area contributed by atoms with Crippen molar-refractivity contribution in [1.82, 2.24) is 9.13 Å². The number of rotatable bonds is 6. The lowest BCUT2D eigenvalue weighted by Gasteiger charge is -2.14. The minimum Gasteiger partial charge on any atom is -0.321 e. The maximum Gasteiger partial charge on any atom is 0.329 e. The number of imidazole rings is 1. The lowest BCUT2D eigenvalue weighted by Crippen LogP contribution is -2.23. The van der Waals surface area contributed by atoms with Gasteiger partial charge in [0.1, 0.15) is 0 Å². The van der Waals surface area contributed by atoms with Gasteiger partial charge in [0.05, 0.1) is 26.5 Å². The molecule has 1 aromatic heterocycles. The van der Waals surface area contributed by atoms with Crippen LogP contribution in [0.1, 0.15) is 35.3 Å². The average molecular weight is 478 g/mol. The predicted octanol–water partition coefficient (Wildman–Crippen LogP) is 4.54. The van der Waals surface area contributed by atoms with Crippen LogP contribution in [0.15, 0.2) is 75.2 Å². The Hall–Kier alpha value is -3.65. The number of nitrogens with one attached hydrogen (secondary N) is 1. The van der Waals surface area contributed by atoms with Gasteiger partial charge in [-0.25, -0.2) is 13.2 Å². The molecule has 0 saturated carbocycles. The summed E-state index contributed by atoms with van der Waals surface area (Å²) in [5.41, 5.74) is 3.33. The van der Waals surface area contributed by atoms with E-state index in [9.17, 15) is 18.0 Å². The van der Waals surface area contributed by atoms with E-state index in [1.807, 2.05) is 39.8 Å². The summed E-state index contributed by atoms with van der Waals surface area (Å²) in [4.78, 5) is 26.0. The first kappa shape index (κ1) is 23.5. The number of amides is 1. The molecule has 0 unspecified atom stereocenters. The third-order valence-electron chi connectivity index (χ3n) is 5.94. The molecule has 1 heterocycles. The molecule has 0 fully saturated rings. The van der Waals surface area contributed by atoms with E-state index in [1.165, 1.54) is 6.07 Å². The van der Waals surface area contributed by atoms with Crippen molar-refractivity contribution in [1.29, 1.82) is 0 Å². The fraction of sp³-hybridized carbons (Fsp3) is 0.231. The first-order valence-electron chi connectivity index (χ1n) is 11.1. The monoisotopic (exact) mass is 477 g/mol. The summed E-state index contributed by atoms with van der Waals surface area (Å²) in [6.45, 7) is 8.29. The number of carbonyl (C=O) groups excluding carboxylic acids is 1. The van der Waals surface area contributed by atoms with Crippen LogP contribution in [-0.4, -0.2) is 23.5 Å². The molecule has 0 aliphatic heterocycles. The summed E-state index contributed by atoms with van der Waals surface area (Å²) in [6, 6.07) is 16.6. The zero-order valence-electron chi connectivity index (χ0n) is 19.6. The molecular weight excluding hydrogens is 450 g/mol. The number of fused-ring (bicyclic) bond motifs is 1. The number of carbonyl (C=O) groups is 1. The molecular formula is C26H27N3O4S. The van der Waals surface area contributed by atoms with Crippen molar-refractivity contribution in [2.75, 3.05) is 5.32 Å². The van der Waals surface area contributed by atoms with Crippen LogP contribution < -0.4 is 11.0 Å². The van der Waals surface area contributed by atoms with Gasteiger partial charge >= 0.3 is 5.69 Å². The van der Waals surface area contributed by atoms with E-state index in [1.54, 1.807) is 51.6 Å². The third-order valence-corrected chi connectivity index (χ3v) is 7.74. The van der Waals surface area contributed by atoms with Crippen LogP contribution in [0.5, 0.6) is 0 Å². The Kier molecular flexibility index (Phi) is 6.18. The molecule has 176 valence electrons. The van der Waals surface area contributed by atoms with Crippen LogP contribution in [0.25, 0.3) is 11.0 Å². The van der Waals surface area contributed by atoms with Gasteiger partial charge in [-0.15, -0.1) is 0 Å². The van der Waals surface area contributed by atoms with Crippen LogP contribution in [0.3, 0.4) is 0 Å². The minimum absolute atomic E-state index is 0.0558. The van der Waals surface area contributed by atoms with Gasteiger partial charge in [0.25, 0.3) is 5.91 Å². The topological polar surface area (TPSA) is 90.2 Å². The lowest BCUT2D eigenvalue weighted by atomic mass is 10.1. The molecule has 0 saturated heterocycles. The number of anilines is 1. The van der Waals surface area contributed by atoms with Crippen LogP contribution >= 0.6 is 0 Å². The van der Waals surface area contributed by atoms with Crippen LogP contribution in [0.4, 0.5) is 5.69 Å². The molecule has 1 amide bonds. The molecule has 4 aromatic rings. The quantitative estimate of drug-likeness (QED) is 0.441. The third kappa shape index (κ3) is 4.05. The van der Waals surface area contributed by atoms with E-state index >= 15 is 0 Å². The molecule has 3 aromatic carbocycles. The van der Waals surface area contributed by atoms with Gasteiger partial charge in [0, 0.05) is 18.7 Å². The number of benzene rings is 3. The zero-order chi connectivity index (χ0) is 24.6. The summed E-state index contributed by atoms with van der Waals surface area (Å²) in [5, 5.41) is 2.78. The van der Waals surface area contributed by atoms with Crippen molar-refractivity contribution in [2.24, 2.45) is 0 Å². The average Bonchev–Trinajstić information content (AvgIpc) is 3.08. The normalized spacial score (nSPS) is 11.6. The number of sulfone groups is 1. The molecule has 0 radical (unpaired) electrons. The molecule has 0 bridgehead atoms. The maximum absolute atomic E-state index is 13.7. The first-order chi connectivity index (χ1) is 16.2. The van der Waals surface area contributed by atoms with Crippen molar-refractivity contribution >= 4 is 32.5 Å². The highest BCUT2D eigenvalue weighted by molar-refractivity contribution is 7.91. The first-order valence-corrected chi connectivity index (χ1v) is 12.6. The molecule has 0 aliphatic carbocycles. The van der Waals surface area contributed by atoms with E-state index in [-0.39, 0.29) is 21.2 Å². The molecule has 4 rings (SSSR count). The number of nitrogens with zero attached hydrogens (tertiary/aromatic N) is 2. The van der Waals surface area contributed by atoms with Gasteiger partial charge in [0.15, 0.2) is 0 Å². The van der Waals surface area contributed by atoms with Gasteiger partial charge < -0.3 is 5.32 Å². The van der Waals surface area contributed by atoms with Crippen molar-refractivity contribution in [3.8, 4) is 0 Å². The fourth-order valence-corrected chi connectivity index (χ4v) is 5.43. The van der Waals surface area contributed by atoms with Crippen molar-refractivity contribution in [2.45, 2.75) is 50.6 Å². The van der Waals surface area contributed by atoms with E-state index in [0.717, 1.165) is 11.1 Å². The van der Waals surface area contributed by atoms with Crippen molar-refractivity contribution in [3.05, 3.63) is 87.8 Å². The Balaban J connectivity index is 1.96. The Morgan fingerprint density at radius 2 is 1.32 bits per heavy atom. The second kappa shape index (κ2) is 8.95. The van der Waals surface area contributed by atoms with Gasteiger partial charge in [-0.1, -0.05) is 35.4 Å². The van der Waals surface area contributed by atoms with Gasteiger partial charge in [-0.2, -0.15) is 0 Å².